The van der Waals surface area contributed by atoms with Crippen molar-refractivity contribution in [1.82, 2.24) is 5.32 Å². The van der Waals surface area contributed by atoms with E-state index in [0.717, 1.165) is 0 Å². The first-order valence-corrected chi connectivity index (χ1v) is 8.72. The number of benzene rings is 1. The first-order valence-electron chi connectivity index (χ1n) is 7.32. The van der Waals surface area contributed by atoms with Crippen molar-refractivity contribution in [3.63, 3.8) is 0 Å². The molecule has 0 bridgehead atoms. The number of thioether (sulfide) groups is 1. The second-order valence-electron chi connectivity index (χ2n) is 5.01. The molecule has 1 aromatic carbocycles. The third-order valence-electron chi connectivity index (χ3n) is 3.25. The highest BCUT2D eigenvalue weighted by Crippen LogP contribution is 2.14. The lowest BCUT2D eigenvalue weighted by Crippen LogP contribution is -2.46. The lowest BCUT2D eigenvalue weighted by molar-refractivity contribution is -0.148. The molecule has 0 heterocycles. The average molecular weight is 354 g/mol. The van der Waals surface area contributed by atoms with Gasteiger partial charge < -0.3 is 20.5 Å². The van der Waals surface area contributed by atoms with E-state index >= 15 is 0 Å². The average Bonchev–Trinajstić information content (AvgIpc) is 2.57. The number of hydrogen-bond acceptors (Lipinski definition) is 6. The number of nitrogens with two attached hydrogens (primary N) is 1. The zero-order valence-corrected chi connectivity index (χ0v) is 14.7. The molecule has 0 aliphatic heterocycles. The molecule has 0 saturated heterocycles. The fourth-order valence-corrected chi connectivity index (χ4v) is 2.43. The van der Waals surface area contributed by atoms with Crippen LogP contribution in [0.15, 0.2) is 24.3 Å². The molecule has 0 aliphatic rings. The van der Waals surface area contributed by atoms with Gasteiger partial charge in [-0.2, -0.15) is 11.8 Å². The van der Waals surface area contributed by atoms with Gasteiger partial charge in [0.05, 0.1) is 7.11 Å². The van der Waals surface area contributed by atoms with Crippen LogP contribution in [0, 0.1) is 0 Å². The summed E-state index contributed by atoms with van der Waals surface area (Å²) in [5, 5.41) is 2.34. The number of esters is 1. The van der Waals surface area contributed by atoms with Gasteiger partial charge in [-0.25, -0.2) is 9.59 Å². The Labute approximate surface area is 145 Å². The number of carbonyl (C=O) groups excluding carboxylic acids is 3. The molecule has 132 valence electrons. The molecule has 2 amide bonds. The van der Waals surface area contributed by atoms with Gasteiger partial charge in [0.15, 0.2) is 6.10 Å². The van der Waals surface area contributed by atoms with Crippen LogP contribution >= 0.6 is 11.8 Å². The molecule has 0 aliphatic carbocycles. The van der Waals surface area contributed by atoms with Gasteiger partial charge in [-0.15, -0.1) is 0 Å². The fourth-order valence-electron chi connectivity index (χ4n) is 1.96. The van der Waals surface area contributed by atoms with Crippen molar-refractivity contribution in [2.75, 3.05) is 19.1 Å². The quantitative estimate of drug-likeness (QED) is 0.515. The number of ether oxygens (including phenoxy) is 2. The maximum Gasteiger partial charge on any atom is 0.329 e. The molecule has 24 heavy (non-hydrogen) atoms. The fraction of sp³-hybridized carbons (Fsp3) is 0.438. The highest BCUT2D eigenvalue weighted by atomic mass is 32.2. The van der Waals surface area contributed by atoms with Crippen molar-refractivity contribution in [1.29, 1.82) is 0 Å². The summed E-state index contributed by atoms with van der Waals surface area (Å²) in [7, 11) is 1.53. The van der Waals surface area contributed by atoms with Crippen molar-refractivity contribution in [3.05, 3.63) is 29.8 Å². The van der Waals surface area contributed by atoms with E-state index in [1.54, 1.807) is 24.3 Å². The molecule has 8 heteroatoms. The molecule has 0 unspecified atom stereocenters. The van der Waals surface area contributed by atoms with Crippen LogP contribution in [0.1, 0.15) is 23.7 Å². The van der Waals surface area contributed by atoms with E-state index < -0.39 is 24.1 Å². The minimum absolute atomic E-state index is 0.339. The van der Waals surface area contributed by atoms with E-state index in [0.29, 0.717) is 23.5 Å². The number of methoxy groups -OCH3 is 1. The van der Waals surface area contributed by atoms with Crippen LogP contribution in [-0.4, -0.2) is 49.0 Å². The van der Waals surface area contributed by atoms with Gasteiger partial charge in [0.2, 0.25) is 5.78 Å². The van der Waals surface area contributed by atoms with Gasteiger partial charge in [-0.1, -0.05) is 0 Å². The largest absolute Gasteiger partial charge is 0.497 e. The van der Waals surface area contributed by atoms with Crippen molar-refractivity contribution in [2.24, 2.45) is 5.73 Å². The number of carbonyl (C=O) groups is 3. The summed E-state index contributed by atoms with van der Waals surface area (Å²) >= 11 is 1.52. The monoisotopic (exact) mass is 354 g/mol. The van der Waals surface area contributed by atoms with Crippen LogP contribution in [0.3, 0.4) is 0 Å². The predicted octanol–water partition coefficient (Wildman–Crippen LogP) is 1.60. The Morgan fingerprint density at radius 3 is 2.38 bits per heavy atom. The molecule has 2 atom stereocenters. The smallest absolute Gasteiger partial charge is 0.329 e. The van der Waals surface area contributed by atoms with E-state index in [9.17, 15) is 14.4 Å². The lowest BCUT2D eigenvalue weighted by atomic mass is 10.1. The first-order chi connectivity index (χ1) is 11.4. The molecule has 3 N–H and O–H groups in total. The zero-order chi connectivity index (χ0) is 18.1. The van der Waals surface area contributed by atoms with E-state index in [1.165, 1.54) is 25.8 Å². The van der Waals surface area contributed by atoms with Gasteiger partial charge >= 0.3 is 12.0 Å². The van der Waals surface area contributed by atoms with Crippen molar-refractivity contribution in [2.45, 2.75) is 25.5 Å². The van der Waals surface area contributed by atoms with Crippen LogP contribution in [-0.2, 0) is 9.53 Å². The SMILES string of the molecule is COc1ccc(C(=O)[C@@H](C)OC(=O)[C@H](CCSC)NC(N)=O)cc1. The molecule has 1 aromatic rings. The number of hydrogen-bond donors (Lipinski definition) is 2. The molecule has 0 spiro atoms. The molecule has 7 nitrogen and oxygen atoms in total. The van der Waals surface area contributed by atoms with E-state index in [1.807, 2.05) is 6.26 Å². The second-order valence-corrected chi connectivity index (χ2v) is 6.00. The minimum Gasteiger partial charge on any atom is -0.497 e. The Morgan fingerprint density at radius 2 is 1.88 bits per heavy atom. The van der Waals surface area contributed by atoms with Crippen LogP contribution in [0.2, 0.25) is 0 Å². The Bertz CT molecular complexity index is 576. The van der Waals surface area contributed by atoms with Crippen LogP contribution in [0.4, 0.5) is 4.79 Å². The summed E-state index contributed by atoms with van der Waals surface area (Å²) in [5.74, 6) is 0.241. The first kappa shape index (κ1) is 19.8. The number of amides is 2. The van der Waals surface area contributed by atoms with Gasteiger partial charge in [0, 0.05) is 5.56 Å². The second kappa shape index (κ2) is 9.82. The van der Waals surface area contributed by atoms with Crippen LogP contribution in [0.25, 0.3) is 0 Å². The third kappa shape index (κ3) is 6.11. The highest BCUT2D eigenvalue weighted by Gasteiger charge is 2.26. The highest BCUT2D eigenvalue weighted by molar-refractivity contribution is 7.98. The number of Topliss-reactive ketones (excluding diaryl/α,β-unsaturated/α-hetero) is 1. The van der Waals surface area contributed by atoms with Gasteiger partial charge in [-0.3, -0.25) is 4.79 Å². The van der Waals surface area contributed by atoms with Gasteiger partial charge in [0.25, 0.3) is 0 Å². The molecular weight excluding hydrogens is 332 g/mol. The van der Waals surface area contributed by atoms with Crippen molar-refractivity contribution >= 4 is 29.5 Å². The van der Waals surface area contributed by atoms with E-state index in [-0.39, 0.29) is 5.78 Å². The van der Waals surface area contributed by atoms with Crippen molar-refractivity contribution < 1.29 is 23.9 Å². The molecule has 1 rings (SSSR count). The minimum atomic E-state index is -0.975. The number of nitrogens with one attached hydrogen (secondary N) is 1. The summed E-state index contributed by atoms with van der Waals surface area (Å²) in [4.78, 5) is 35.5. The van der Waals surface area contributed by atoms with E-state index in [2.05, 4.69) is 5.32 Å². The zero-order valence-electron chi connectivity index (χ0n) is 13.9. The Hall–Kier alpha value is -2.22. The maximum atomic E-state index is 12.3. The Kier molecular flexibility index (Phi) is 8.11. The number of urea groups is 1. The third-order valence-corrected chi connectivity index (χ3v) is 3.89. The lowest BCUT2D eigenvalue weighted by Gasteiger charge is -2.19. The van der Waals surface area contributed by atoms with Crippen LogP contribution in [0.5, 0.6) is 5.75 Å². The molecule has 0 fully saturated rings. The van der Waals surface area contributed by atoms with Gasteiger partial charge in [-0.05, 0) is 49.6 Å². The van der Waals surface area contributed by atoms with E-state index in [4.69, 9.17) is 15.2 Å². The maximum absolute atomic E-state index is 12.3. The normalized spacial score (nSPS) is 12.8. The number of primary amides is 1. The summed E-state index contributed by atoms with van der Waals surface area (Å²) in [6.07, 6.45) is 1.27. The molecule has 0 aromatic heterocycles. The topological polar surface area (TPSA) is 108 Å². The molecule has 0 radical (unpaired) electrons. The molecular formula is C16H22N2O5S. The molecule has 0 saturated carbocycles. The summed E-state index contributed by atoms with van der Waals surface area (Å²) < 4.78 is 10.2. The predicted molar refractivity (Wildman–Crippen MR) is 92.4 cm³/mol. The summed E-state index contributed by atoms with van der Waals surface area (Å²) in [6, 6.07) is 4.81. The Balaban J connectivity index is 2.71. The number of rotatable bonds is 9. The summed E-state index contributed by atoms with van der Waals surface area (Å²) in [5.41, 5.74) is 5.47. The standard InChI is InChI=1S/C16H22N2O5S/c1-10(14(19)11-4-6-12(22-2)7-5-11)23-15(20)13(8-9-24-3)18-16(17)21/h4-7,10,13H,8-9H2,1-3H3,(H3,17,18,21)/t10-,13+/m1/s1. The Morgan fingerprint density at radius 1 is 1.25 bits per heavy atom. The number of ketones is 1. The van der Waals surface area contributed by atoms with Crippen molar-refractivity contribution in [3.8, 4) is 5.75 Å². The van der Waals surface area contributed by atoms with Crippen LogP contribution < -0.4 is 15.8 Å². The summed E-state index contributed by atoms with van der Waals surface area (Å²) in [6.45, 7) is 1.49. The van der Waals surface area contributed by atoms with Gasteiger partial charge in [0.1, 0.15) is 11.8 Å².